The van der Waals surface area contributed by atoms with Crippen LogP contribution in [0.5, 0.6) is 5.75 Å². The number of nitrogens with one attached hydrogen (secondary N) is 1. The summed E-state index contributed by atoms with van der Waals surface area (Å²) in [6.07, 6.45) is 1.29. The van der Waals surface area contributed by atoms with Gasteiger partial charge >= 0.3 is 6.03 Å². The zero-order valence-electron chi connectivity index (χ0n) is 14.3. The smallest absolute Gasteiger partial charge is 0.335 e. The molecule has 1 aliphatic heterocycles. The molecule has 2 aromatic carbocycles. The molecule has 8 nitrogen and oxygen atoms in total. The first-order valence-corrected chi connectivity index (χ1v) is 8.03. The molecule has 5 amide bonds. The molecule has 0 atom stereocenters. The van der Waals surface area contributed by atoms with Gasteiger partial charge in [-0.25, -0.2) is 14.1 Å². The quantitative estimate of drug-likeness (QED) is 0.597. The van der Waals surface area contributed by atoms with Gasteiger partial charge in [-0.15, -0.1) is 0 Å². The Labute approximate surface area is 158 Å². The molecule has 0 unspecified atom stereocenters. The second-order valence-corrected chi connectivity index (χ2v) is 5.76. The lowest BCUT2D eigenvalue weighted by Gasteiger charge is -2.26. The average Bonchev–Trinajstić information content (AvgIpc) is 2.64. The minimum absolute atomic E-state index is 0.00361. The Morgan fingerprint density at radius 3 is 2.50 bits per heavy atom. The molecule has 3 rings (SSSR count). The van der Waals surface area contributed by atoms with Crippen LogP contribution in [0.4, 0.5) is 14.9 Å². The van der Waals surface area contributed by atoms with E-state index in [0.29, 0.717) is 16.2 Å². The largest absolute Gasteiger partial charge is 0.484 e. The number of imide groups is 2. The van der Waals surface area contributed by atoms with Gasteiger partial charge in [-0.2, -0.15) is 0 Å². The summed E-state index contributed by atoms with van der Waals surface area (Å²) in [6, 6.07) is 10.1. The summed E-state index contributed by atoms with van der Waals surface area (Å²) in [7, 11) is 0. The van der Waals surface area contributed by atoms with Gasteiger partial charge in [-0.1, -0.05) is 18.2 Å². The van der Waals surface area contributed by atoms with Crippen LogP contribution in [0.15, 0.2) is 54.1 Å². The number of carbonyl (C=O) groups excluding carboxylic acids is 4. The van der Waals surface area contributed by atoms with Crippen LogP contribution in [0.25, 0.3) is 6.08 Å². The van der Waals surface area contributed by atoms with Gasteiger partial charge in [0.1, 0.15) is 17.1 Å². The second kappa shape index (κ2) is 7.70. The summed E-state index contributed by atoms with van der Waals surface area (Å²) in [5, 5.41) is 2.05. The van der Waals surface area contributed by atoms with E-state index in [1.807, 2.05) is 0 Å². The minimum atomic E-state index is -0.965. The maximum Gasteiger partial charge on any atom is 0.335 e. The number of ether oxygens (including phenoxy) is 1. The molecule has 1 aliphatic rings. The summed E-state index contributed by atoms with van der Waals surface area (Å²) in [5.74, 6) is -2.63. The van der Waals surface area contributed by atoms with E-state index in [1.165, 1.54) is 36.4 Å². The van der Waals surface area contributed by atoms with Crippen molar-refractivity contribution in [2.75, 3.05) is 11.5 Å². The van der Waals surface area contributed by atoms with Crippen LogP contribution in [-0.2, 0) is 14.4 Å². The maximum atomic E-state index is 13.5. The van der Waals surface area contributed by atoms with E-state index in [2.05, 4.69) is 5.32 Å². The van der Waals surface area contributed by atoms with Gasteiger partial charge in [0.05, 0.1) is 5.69 Å². The van der Waals surface area contributed by atoms with Crippen molar-refractivity contribution in [1.29, 1.82) is 0 Å². The minimum Gasteiger partial charge on any atom is -0.484 e. The zero-order valence-corrected chi connectivity index (χ0v) is 14.3. The van der Waals surface area contributed by atoms with Gasteiger partial charge in [0, 0.05) is 0 Å². The first-order chi connectivity index (χ1) is 13.3. The Hall–Kier alpha value is -4.01. The van der Waals surface area contributed by atoms with Crippen LogP contribution >= 0.6 is 0 Å². The van der Waals surface area contributed by atoms with E-state index in [4.69, 9.17) is 10.5 Å². The van der Waals surface area contributed by atoms with E-state index in [0.717, 1.165) is 6.07 Å². The van der Waals surface area contributed by atoms with Crippen LogP contribution < -0.4 is 20.7 Å². The van der Waals surface area contributed by atoms with E-state index in [-0.39, 0.29) is 17.9 Å². The molecule has 0 bridgehead atoms. The Morgan fingerprint density at radius 1 is 1.14 bits per heavy atom. The molecule has 0 aliphatic carbocycles. The number of anilines is 1. The lowest BCUT2D eigenvalue weighted by atomic mass is 10.1. The number of hydrogen-bond donors (Lipinski definition) is 2. The highest BCUT2D eigenvalue weighted by Crippen LogP contribution is 2.23. The van der Waals surface area contributed by atoms with Crippen molar-refractivity contribution in [2.45, 2.75) is 0 Å². The van der Waals surface area contributed by atoms with Gasteiger partial charge < -0.3 is 10.5 Å². The number of benzene rings is 2. The van der Waals surface area contributed by atoms with Crippen LogP contribution in [0, 0.1) is 5.82 Å². The molecule has 28 heavy (non-hydrogen) atoms. The number of rotatable bonds is 5. The van der Waals surface area contributed by atoms with Gasteiger partial charge in [-0.05, 0) is 42.0 Å². The average molecular weight is 383 g/mol. The number of carbonyl (C=O) groups is 4. The third-order valence-corrected chi connectivity index (χ3v) is 3.74. The molecule has 0 saturated carbocycles. The number of hydrogen-bond acceptors (Lipinski definition) is 5. The molecule has 1 heterocycles. The third kappa shape index (κ3) is 4.04. The lowest BCUT2D eigenvalue weighted by Crippen LogP contribution is -2.54. The molecule has 1 fully saturated rings. The van der Waals surface area contributed by atoms with Gasteiger partial charge in [0.25, 0.3) is 17.7 Å². The SMILES string of the molecule is NC(=O)COc1ccc(/C=C2\C(=O)NC(=O)N(c3cccc(F)c3)C2=O)cc1. The summed E-state index contributed by atoms with van der Waals surface area (Å²) in [5.41, 5.74) is 5.17. The first-order valence-electron chi connectivity index (χ1n) is 8.03. The van der Waals surface area contributed by atoms with Crippen LogP contribution in [-0.4, -0.2) is 30.4 Å². The second-order valence-electron chi connectivity index (χ2n) is 5.76. The highest BCUT2D eigenvalue weighted by molar-refractivity contribution is 6.39. The molecule has 3 N–H and O–H groups in total. The van der Waals surface area contributed by atoms with Crippen molar-refractivity contribution >= 4 is 35.5 Å². The van der Waals surface area contributed by atoms with Gasteiger partial charge in [-0.3, -0.25) is 19.7 Å². The number of nitrogens with two attached hydrogens (primary N) is 1. The van der Waals surface area contributed by atoms with Crippen LogP contribution in [0.1, 0.15) is 5.56 Å². The highest BCUT2D eigenvalue weighted by Gasteiger charge is 2.36. The Balaban J connectivity index is 1.87. The summed E-state index contributed by atoms with van der Waals surface area (Å²) in [6.45, 7) is -0.286. The topological polar surface area (TPSA) is 119 Å². The lowest BCUT2D eigenvalue weighted by molar-refractivity contribution is -0.123. The summed E-state index contributed by atoms with van der Waals surface area (Å²) < 4.78 is 18.6. The summed E-state index contributed by atoms with van der Waals surface area (Å²) >= 11 is 0. The van der Waals surface area contributed by atoms with Gasteiger partial charge in [0.2, 0.25) is 0 Å². The van der Waals surface area contributed by atoms with E-state index in [1.54, 1.807) is 12.1 Å². The Kier molecular flexibility index (Phi) is 5.16. The van der Waals surface area contributed by atoms with E-state index in [9.17, 15) is 23.6 Å². The fraction of sp³-hybridized carbons (Fsp3) is 0.0526. The molecule has 142 valence electrons. The number of nitrogens with zero attached hydrogens (tertiary/aromatic N) is 1. The van der Waals surface area contributed by atoms with Crippen molar-refractivity contribution < 1.29 is 28.3 Å². The fourth-order valence-corrected chi connectivity index (χ4v) is 2.49. The van der Waals surface area contributed by atoms with Crippen LogP contribution in [0.3, 0.4) is 0 Å². The maximum absolute atomic E-state index is 13.5. The molecular weight excluding hydrogens is 369 g/mol. The monoisotopic (exact) mass is 383 g/mol. The van der Waals surface area contributed by atoms with Crippen molar-refractivity contribution in [3.63, 3.8) is 0 Å². The molecular formula is C19H14FN3O5. The molecule has 0 spiro atoms. The highest BCUT2D eigenvalue weighted by atomic mass is 19.1. The number of urea groups is 1. The van der Waals surface area contributed by atoms with Crippen LogP contribution in [0.2, 0.25) is 0 Å². The Bertz CT molecular complexity index is 1000. The molecule has 0 aromatic heterocycles. The number of halogens is 1. The predicted molar refractivity (Wildman–Crippen MR) is 96.5 cm³/mol. The molecule has 0 radical (unpaired) electrons. The molecule has 1 saturated heterocycles. The third-order valence-electron chi connectivity index (χ3n) is 3.74. The molecule has 2 aromatic rings. The Morgan fingerprint density at radius 2 is 1.86 bits per heavy atom. The van der Waals surface area contributed by atoms with Crippen molar-refractivity contribution in [2.24, 2.45) is 5.73 Å². The normalized spacial score (nSPS) is 15.5. The number of amides is 5. The zero-order chi connectivity index (χ0) is 20.3. The van der Waals surface area contributed by atoms with Crippen molar-refractivity contribution in [1.82, 2.24) is 5.32 Å². The summed E-state index contributed by atoms with van der Waals surface area (Å²) in [4.78, 5) is 48.3. The first kappa shape index (κ1) is 18.8. The predicted octanol–water partition coefficient (Wildman–Crippen LogP) is 1.36. The standard InChI is InChI=1S/C19H14FN3O5/c20-12-2-1-3-13(9-12)23-18(26)15(17(25)22-19(23)27)8-11-4-6-14(7-5-11)28-10-16(21)24/h1-9H,10H2,(H2,21,24)(H,22,25,27)/b15-8+. The fourth-order valence-electron chi connectivity index (χ4n) is 2.49. The van der Waals surface area contributed by atoms with E-state index >= 15 is 0 Å². The van der Waals surface area contributed by atoms with Crippen molar-refractivity contribution in [3.05, 3.63) is 65.5 Å². The van der Waals surface area contributed by atoms with Crippen molar-refractivity contribution in [3.8, 4) is 5.75 Å². The number of primary amides is 1. The van der Waals surface area contributed by atoms with Gasteiger partial charge in [0.15, 0.2) is 6.61 Å². The van der Waals surface area contributed by atoms with E-state index < -0.39 is 29.6 Å². The molecule has 9 heteroatoms. The number of barbiturate groups is 1.